The molecule has 0 radical (unpaired) electrons. The smallest absolute Gasteiger partial charge is 0.396 e. The first-order chi connectivity index (χ1) is 9.08. The van der Waals surface area contributed by atoms with E-state index in [0.29, 0.717) is 23.8 Å². The number of nitrogens with one attached hydrogen (secondary N) is 1. The van der Waals surface area contributed by atoms with E-state index in [9.17, 15) is 14.7 Å². The van der Waals surface area contributed by atoms with Gasteiger partial charge in [0.1, 0.15) is 12.2 Å². The van der Waals surface area contributed by atoms with Crippen LogP contribution in [-0.4, -0.2) is 40.7 Å². The molecule has 2 fully saturated rings. The van der Waals surface area contributed by atoms with E-state index >= 15 is 0 Å². The van der Waals surface area contributed by atoms with Crippen LogP contribution in [0.1, 0.15) is 32.6 Å². The average molecular weight is 265 g/mol. The summed E-state index contributed by atoms with van der Waals surface area (Å²) in [5.41, 5.74) is 0.613. The number of carbonyl (C=O) groups is 2. The number of urea groups is 1. The Balaban J connectivity index is 2.01. The zero-order valence-electron chi connectivity index (χ0n) is 11.3. The Morgan fingerprint density at radius 1 is 1.42 bits per heavy atom. The summed E-state index contributed by atoms with van der Waals surface area (Å²) in [4.78, 5) is 24.0. The maximum atomic E-state index is 12.4. The Kier molecular flexibility index (Phi) is 2.98. The van der Waals surface area contributed by atoms with E-state index in [1.807, 2.05) is 6.20 Å². The lowest BCUT2D eigenvalue weighted by Gasteiger charge is -2.37. The Labute approximate surface area is 112 Å². The number of aliphatic hydroxyl groups is 1. The number of hydrogen-bond acceptors (Lipinski definition) is 3. The van der Waals surface area contributed by atoms with E-state index in [1.165, 1.54) is 12.8 Å². The Morgan fingerprint density at radius 2 is 2.21 bits per heavy atom. The minimum Gasteiger partial charge on any atom is -0.396 e. The standard InChI is InChI=1S/C14H20N2O3/c1-9-7-16(14(19)15-13(9)18)8-10-3-2-4-11(10)12(16)5-6-17/h7,10-12,17H,2-6,8H2,1H3/p+1. The van der Waals surface area contributed by atoms with Crippen LogP contribution in [0.2, 0.25) is 0 Å². The minimum atomic E-state index is -0.284. The number of quaternary nitrogens is 1. The molecule has 5 nitrogen and oxygen atoms in total. The van der Waals surface area contributed by atoms with Crippen molar-refractivity contribution in [3.8, 4) is 0 Å². The average Bonchev–Trinajstić information content (AvgIpc) is 2.90. The fourth-order valence-electron chi connectivity index (χ4n) is 4.39. The van der Waals surface area contributed by atoms with Gasteiger partial charge in [0.05, 0.1) is 12.1 Å². The SMILES string of the molecule is CC1=C[N+]2(CC3CCCC3C2CCO)C(=O)NC1=O. The lowest BCUT2D eigenvalue weighted by atomic mass is 9.92. The van der Waals surface area contributed by atoms with Crippen LogP contribution in [-0.2, 0) is 4.79 Å². The van der Waals surface area contributed by atoms with Crippen molar-refractivity contribution in [2.75, 3.05) is 13.2 Å². The van der Waals surface area contributed by atoms with E-state index in [-0.39, 0.29) is 29.1 Å². The van der Waals surface area contributed by atoms with Gasteiger partial charge in [-0.2, -0.15) is 0 Å². The highest BCUT2D eigenvalue weighted by atomic mass is 16.3. The van der Waals surface area contributed by atoms with Gasteiger partial charge in [-0.1, -0.05) is 6.42 Å². The molecule has 3 rings (SSSR count). The number of fused-ring (bicyclic) bond motifs is 1. The molecule has 0 aromatic carbocycles. The molecule has 104 valence electrons. The van der Waals surface area contributed by atoms with Crippen molar-refractivity contribution in [1.29, 1.82) is 0 Å². The summed E-state index contributed by atoms with van der Waals surface area (Å²) < 4.78 is 0.230. The van der Waals surface area contributed by atoms with Crippen molar-refractivity contribution in [2.45, 2.75) is 38.6 Å². The highest BCUT2D eigenvalue weighted by molar-refractivity contribution is 6.03. The van der Waals surface area contributed by atoms with Gasteiger partial charge >= 0.3 is 6.03 Å². The monoisotopic (exact) mass is 265 g/mol. The van der Waals surface area contributed by atoms with Crippen LogP contribution >= 0.6 is 0 Å². The summed E-state index contributed by atoms with van der Waals surface area (Å²) in [6, 6.07) is -0.0796. The van der Waals surface area contributed by atoms with Crippen molar-refractivity contribution in [2.24, 2.45) is 11.8 Å². The normalized spacial score (nSPS) is 41.4. The first-order valence-corrected chi connectivity index (χ1v) is 7.12. The molecule has 0 aromatic heterocycles. The number of amides is 3. The summed E-state index contributed by atoms with van der Waals surface area (Å²) in [5, 5.41) is 11.8. The fraction of sp³-hybridized carbons (Fsp3) is 0.714. The third-order valence-corrected chi connectivity index (χ3v) is 5.15. The second kappa shape index (κ2) is 4.42. The lowest BCUT2D eigenvalue weighted by molar-refractivity contribution is -0.816. The lowest BCUT2D eigenvalue weighted by Crippen LogP contribution is -2.61. The van der Waals surface area contributed by atoms with Crippen LogP contribution in [0.15, 0.2) is 11.8 Å². The minimum absolute atomic E-state index is 0.0992. The molecule has 4 unspecified atom stereocenters. The topological polar surface area (TPSA) is 66.4 Å². The highest BCUT2D eigenvalue weighted by Crippen LogP contribution is 2.48. The molecule has 4 atom stereocenters. The Morgan fingerprint density at radius 3 is 2.95 bits per heavy atom. The van der Waals surface area contributed by atoms with Gasteiger partial charge in [0, 0.05) is 24.9 Å². The zero-order valence-corrected chi connectivity index (χ0v) is 11.3. The van der Waals surface area contributed by atoms with Crippen LogP contribution in [0.5, 0.6) is 0 Å². The number of imide groups is 1. The molecule has 1 aliphatic carbocycles. The summed E-state index contributed by atoms with van der Waals surface area (Å²) in [5.74, 6) is 0.781. The number of nitrogens with zero attached hydrogens (tertiary/aromatic N) is 1. The summed E-state index contributed by atoms with van der Waals surface area (Å²) in [6.07, 6.45) is 6.00. The van der Waals surface area contributed by atoms with Gasteiger partial charge in [-0.25, -0.2) is 14.6 Å². The van der Waals surface area contributed by atoms with E-state index < -0.39 is 0 Å². The number of aliphatic hydroxyl groups excluding tert-OH is 1. The predicted octanol–water partition coefficient (Wildman–Crippen LogP) is 1.14. The molecule has 19 heavy (non-hydrogen) atoms. The first kappa shape index (κ1) is 12.8. The van der Waals surface area contributed by atoms with Crippen molar-refractivity contribution in [3.63, 3.8) is 0 Å². The van der Waals surface area contributed by atoms with Crippen LogP contribution in [0.25, 0.3) is 0 Å². The quantitative estimate of drug-likeness (QED) is 0.736. The van der Waals surface area contributed by atoms with Crippen molar-refractivity contribution < 1.29 is 19.2 Å². The largest absolute Gasteiger partial charge is 0.428 e. The molecule has 0 bridgehead atoms. The molecule has 2 N–H and O–H groups in total. The van der Waals surface area contributed by atoms with Crippen molar-refractivity contribution in [3.05, 3.63) is 11.8 Å². The van der Waals surface area contributed by atoms with Crippen LogP contribution in [0, 0.1) is 11.8 Å². The van der Waals surface area contributed by atoms with E-state index in [2.05, 4.69) is 5.32 Å². The van der Waals surface area contributed by atoms with Gasteiger partial charge in [-0.15, -0.1) is 0 Å². The van der Waals surface area contributed by atoms with Crippen LogP contribution < -0.4 is 5.32 Å². The van der Waals surface area contributed by atoms with E-state index in [0.717, 1.165) is 13.0 Å². The summed E-state index contributed by atoms with van der Waals surface area (Å²) in [7, 11) is 0. The molecule has 3 amide bonds. The second-order valence-corrected chi connectivity index (χ2v) is 6.12. The molecule has 2 heterocycles. The Hall–Kier alpha value is -1.20. The van der Waals surface area contributed by atoms with Gasteiger partial charge in [-0.3, -0.25) is 4.79 Å². The molecule has 0 aromatic rings. The van der Waals surface area contributed by atoms with Crippen molar-refractivity contribution in [1.82, 2.24) is 5.32 Å². The summed E-state index contributed by atoms with van der Waals surface area (Å²) >= 11 is 0. The van der Waals surface area contributed by atoms with Crippen LogP contribution in [0.4, 0.5) is 4.79 Å². The van der Waals surface area contributed by atoms with Gasteiger partial charge in [-0.05, 0) is 19.8 Å². The highest BCUT2D eigenvalue weighted by Gasteiger charge is 2.59. The van der Waals surface area contributed by atoms with Crippen molar-refractivity contribution >= 4 is 11.9 Å². The van der Waals surface area contributed by atoms with Gasteiger partial charge in [0.15, 0.2) is 0 Å². The number of carbonyl (C=O) groups excluding carboxylic acids is 2. The maximum absolute atomic E-state index is 12.4. The molecular weight excluding hydrogens is 244 g/mol. The summed E-state index contributed by atoms with van der Waals surface area (Å²) in [6.45, 7) is 2.64. The zero-order chi connectivity index (χ0) is 13.6. The molecule has 2 aliphatic heterocycles. The molecule has 3 aliphatic rings. The third-order valence-electron chi connectivity index (χ3n) is 5.15. The van der Waals surface area contributed by atoms with Gasteiger partial charge in [0.25, 0.3) is 5.91 Å². The van der Waals surface area contributed by atoms with Crippen LogP contribution in [0.3, 0.4) is 0 Å². The van der Waals surface area contributed by atoms with Gasteiger partial charge < -0.3 is 5.11 Å². The van der Waals surface area contributed by atoms with E-state index in [1.54, 1.807) is 6.92 Å². The molecule has 5 heteroatoms. The van der Waals surface area contributed by atoms with E-state index in [4.69, 9.17) is 0 Å². The molecule has 1 saturated carbocycles. The Bertz CT molecular complexity index is 460. The molecule has 1 saturated heterocycles. The number of hydrogen-bond donors (Lipinski definition) is 2. The number of rotatable bonds is 2. The van der Waals surface area contributed by atoms with Gasteiger partial charge in [0.2, 0.25) is 0 Å². The predicted molar refractivity (Wildman–Crippen MR) is 68.7 cm³/mol. The maximum Gasteiger partial charge on any atom is 0.428 e. The second-order valence-electron chi connectivity index (χ2n) is 6.12. The first-order valence-electron chi connectivity index (χ1n) is 7.12. The third kappa shape index (κ3) is 1.75. The molecular formula is C14H21N2O3+. The molecule has 1 spiro atoms. The fourth-order valence-corrected chi connectivity index (χ4v) is 4.39.